The molecule has 0 spiro atoms. The van der Waals surface area contributed by atoms with Gasteiger partial charge in [-0.1, -0.05) is 0 Å². The Morgan fingerprint density at radius 1 is 1.47 bits per heavy atom. The van der Waals surface area contributed by atoms with Gasteiger partial charge in [-0.2, -0.15) is 0 Å². The van der Waals surface area contributed by atoms with Crippen LogP contribution in [0.5, 0.6) is 0 Å². The van der Waals surface area contributed by atoms with E-state index in [0.717, 1.165) is 31.5 Å². The molecular weight excluding hydrogens is 262 g/mol. The van der Waals surface area contributed by atoms with Crippen LogP contribution in [0.1, 0.15) is 39.2 Å². The molecule has 1 amide bonds. The summed E-state index contributed by atoms with van der Waals surface area (Å²) in [6, 6.07) is 0. The highest BCUT2D eigenvalue weighted by molar-refractivity contribution is 7.03. The molecule has 1 saturated heterocycles. The molecule has 0 bridgehead atoms. The van der Waals surface area contributed by atoms with Gasteiger partial charge < -0.3 is 15.4 Å². The number of ether oxygens (including phenoxy) is 1. The Morgan fingerprint density at radius 3 is 2.68 bits per heavy atom. The zero-order valence-corrected chi connectivity index (χ0v) is 12.5. The third-order valence-corrected chi connectivity index (χ3v) is 3.77. The molecule has 2 rings (SSSR count). The highest BCUT2D eigenvalue weighted by Crippen LogP contribution is 2.31. The summed E-state index contributed by atoms with van der Waals surface area (Å²) in [7, 11) is 0. The number of carbonyl (C=O) groups is 1. The van der Waals surface area contributed by atoms with Crippen LogP contribution in [0.15, 0.2) is 11.6 Å². The number of nitrogens with zero attached hydrogens (tertiary/aromatic N) is 1. The van der Waals surface area contributed by atoms with E-state index in [1.807, 2.05) is 32.3 Å². The predicted octanol–water partition coefficient (Wildman–Crippen LogP) is 2.25. The van der Waals surface area contributed by atoms with Gasteiger partial charge in [-0.15, -0.1) is 0 Å². The molecule has 1 aromatic heterocycles. The van der Waals surface area contributed by atoms with Gasteiger partial charge in [-0.3, -0.25) is 0 Å². The number of alkyl carbamates (subject to hydrolysis) is 1. The lowest BCUT2D eigenvalue weighted by molar-refractivity contribution is 0.0426. The van der Waals surface area contributed by atoms with E-state index >= 15 is 0 Å². The van der Waals surface area contributed by atoms with Crippen molar-refractivity contribution < 1.29 is 9.53 Å². The summed E-state index contributed by atoms with van der Waals surface area (Å²) >= 11 is 1.41. The maximum Gasteiger partial charge on any atom is 0.408 e. The Morgan fingerprint density at radius 2 is 2.16 bits per heavy atom. The van der Waals surface area contributed by atoms with E-state index in [4.69, 9.17) is 4.74 Å². The van der Waals surface area contributed by atoms with Crippen LogP contribution in [0, 0.1) is 0 Å². The van der Waals surface area contributed by atoms with Crippen molar-refractivity contribution in [2.75, 3.05) is 13.1 Å². The molecule has 19 heavy (non-hydrogen) atoms. The molecule has 1 aliphatic heterocycles. The van der Waals surface area contributed by atoms with Gasteiger partial charge in [0.1, 0.15) is 5.60 Å². The van der Waals surface area contributed by atoms with E-state index in [1.165, 1.54) is 11.5 Å². The first kappa shape index (κ1) is 14.3. The minimum atomic E-state index is -0.481. The second kappa shape index (κ2) is 5.46. The summed E-state index contributed by atoms with van der Waals surface area (Å²) in [6.07, 6.45) is 3.18. The van der Waals surface area contributed by atoms with Crippen LogP contribution in [-0.4, -0.2) is 29.2 Å². The molecule has 6 heteroatoms. The Hall–Kier alpha value is -1.14. The summed E-state index contributed by atoms with van der Waals surface area (Å²) in [4.78, 5) is 12.1. The van der Waals surface area contributed by atoms with Gasteiger partial charge in [0.15, 0.2) is 0 Å². The predicted molar refractivity (Wildman–Crippen MR) is 75.3 cm³/mol. The summed E-state index contributed by atoms with van der Waals surface area (Å²) in [5.41, 5.74) is 0.246. The third-order valence-electron chi connectivity index (χ3n) is 3.18. The van der Waals surface area contributed by atoms with Crippen LogP contribution in [0.3, 0.4) is 0 Å². The average molecular weight is 283 g/mol. The van der Waals surface area contributed by atoms with E-state index in [2.05, 4.69) is 15.0 Å². The largest absolute Gasteiger partial charge is 0.444 e. The average Bonchev–Trinajstić information content (AvgIpc) is 2.81. The Balaban J connectivity index is 2.13. The lowest BCUT2D eigenvalue weighted by Gasteiger charge is -2.38. The van der Waals surface area contributed by atoms with Crippen molar-refractivity contribution in [1.29, 1.82) is 0 Å². The van der Waals surface area contributed by atoms with Gasteiger partial charge in [0.2, 0.25) is 0 Å². The molecule has 5 nitrogen and oxygen atoms in total. The molecule has 0 radical (unpaired) electrons. The molecule has 0 saturated carbocycles. The summed E-state index contributed by atoms with van der Waals surface area (Å²) in [5.74, 6) is 0. The van der Waals surface area contributed by atoms with E-state index in [0.29, 0.717) is 0 Å². The smallest absolute Gasteiger partial charge is 0.408 e. The monoisotopic (exact) mass is 283 g/mol. The second-order valence-electron chi connectivity index (χ2n) is 5.87. The second-order valence-corrected chi connectivity index (χ2v) is 6.53. The highest BCUT2D eigenvalue weighted by atomic mass is 32.1. The summed E-state index contributed by atoms with van der Waals surface area (Å²) in [5, 5.41) is 8.37. The van der Waals surface area contributed by atoms with Crippen molar-refractivity contribution in [1.82, 2.24) is 15.0 Å². The Labute approximate surface area is 117 Å². The number of hydrogen-bond acceptors (Lipinski definition) is 5. The first-order valence-corrected chi connectivity index (χ1v) is 7.37. The maximum absolute atomic E-state index is 12.1. The van der Waals surface area contributed by atoms with E-state index in [-0.39, 0.29) is 11.6 Å². The molecule has 0 aliphatic carbocycles. The van der Waals surface area contributed by atoms with Crippen LogP contribution in [0.4, 0.5) is 4.79 Å². The first-order chi connectivity index (χ1) is 8.91. The molecule has 0 atom stereocenters. The lowest BCUT2D eigenvalue weighted by Crippen LogP contribution is -2.53. The Kier molecular flexibility index (Phi) is 4.10. The van der Waals surface area contributed by atoms with Gasteiger partial charge in [-0.25, -0.2) is 9.17 Å². The number of rotatable bonds is 2. The van der Waals surface area contributed by atoms with Crippen LogP contribution in [-0.2, 0) is 10.3 Å². The molecule has 2 heterocycles. The van der Waals surface area contributed by atoms with Gasteiger partial charge in [0, 0.05) is 17.1 Å². The molecule has 2 N–H and O–H groups in total. The lowest BCUT2D eigenvalue weighted by atomic mass is 9.83. The fraction of sp³-hybridized carbons (Fsp3) is 0.692. The van der Waals surface area contributed by atoms with E-state index in [9.17, 15) is 4.79 Å². The zero-order valence-electron chi connectivity index (χ0n) is 11.7. The van der Waals surface area contributed by atoms with E-state index < -0.39 is 5.60 Å². The number of aromatic nitrogens is 1. The van der Waals surface area contributed by atoms with Crippen molar-refractivity contribution in [2.45, 2.75) is 44.8 Å². The number of amides is 1. The van der Waals surface area contributed by atoms with Crippen molar-refractivity contribution in [2.24, 2.45) is 0 Å². The highest BCUT2D eigenvalue weighted by Gasteiger charge is 2.37. The maximum atomic E-state index is 12.1. The Bertz CT molecular complexity index is 420. The minimum absolute atomic E-state index is 0.347. The van der Waals surface area contributed by atoms with Crippen molar-refractivity contribution in [3.05, 3.63) is 17.1 Å². The van der Waals surface area contributed by atoms with Crippen LogP contribution < -0.4 is 10.6 Å². The molecule has 1 aromatic rings. The van der Waals surface area contributed by atoms with Crippen LogP contribution in [0.25, 0.3) is 0 Å². The number of hydrogen-bond donors (Lipinski definition) is 2. The first-order valence-electron chi connectivity index (χ1n) is 6.53. The zero-order chi connectivity index (χ0) is 13.9. The number of carbonyl (C=O) groups excluding carboxylic acids is 1. The SMILES string of the molecule is CC(C)(C)OC(=O)NC1(c2cnsc2)CCNCC1. The van der Waals surface area contributed by atoms with Crippen molar-refractivity contribution >= 4 is 17.6 Å². The van der Waals surface area contributed by atoms with Gasteiger partial charge in [-0.05, 0) is 58.2 Å². The topological polar surface area (TPSA) is 63.2 Å². The van der Waals surface area contributed by atoms with E-state index in [1.54, 1.807) is 0 Å². The number of piperidine rings is 1. The van der Waals surface area contributed by atoms with Crippen molar-refractivity contribution in [3.8, 4) is 0 Å². The van der Waals surface area contributed by atoms with Gasteiger partial charge in [0.05, 0.1) is 5.54 Å². The van der Waals surface area contributed by atoms with Crippen molar-refractivity contribution in [3.63, 3.8) is 0 Å². The van der Waals surface area contributed by atoms with Crippen LogP contribution >= 0.6 is 11.5 Å². The standard InChI is InChI=1S/C13H21N3O2S/c1-12(2,3)18-11(17)16-13(4-6-14-7-5-13)10-8-15-19-9-10/h8-9,14H,4-7H2,1-3H3,(H,16,17). The third kappa shape index (κ3) is 3.67. The fourth-order valence-corrected chi connectivity index (χ4v) is 2.91. The molecule has 1 aliphatic rings. The summed E-state index contributed by atoms with van der Waals surface area (Å²) < 4.78 is 9.53. The summed E-state index contributed by atoms with van der Waals surface area (Å²) in [6.45, 7) is 7.37. The van der Waals surface area contributed by atoms with Crippen LogP contribution in [0.2, 0.25) is 0 Å². The van der Waals surface area contributed by atoms with Gasteiger partial charge in [0.25, 0.3) is 0 Å². The molecule has 0 unspecified atom stereocenters. The molecule has 1 fully saturated rings. The number of nitrogens with one attached hydrogen (secondary N) is 2. The minimum Gasteiger partial charge on any atom is -0.444 e. The quantitative estimate of drug-likeness (QED) is 0.874. The normalized spacial score (nSPS) is 18.9. The van der Waals surface area contributed by atoms with Gasteiger partial charge >= 0.3 is 6.09 Å². The molecular formula is C13H21N3O2S. The fourth-order valence-electron chi connectivity index (χ4n) is 2.28. The molecule has 106 valence electrons. The molecule has 0 aromatic carbocycles.